The number of benzene rings is 1. The van der Waals surface area contributed by atoms with Crippen LogP contribution < -0.4 is 0 Å². The number of aromatic nitrogens is 1. The van der Waals surface area contributed by atoms with Gasteiger partial charge in [0.05, 0.1) is 6.54 Å². The molecule has 0 fully saturated rings. The van der Waals surface area contributed by atoms with Crippen molar-refractivity contribution in [3.05, 3.63) is 58.1 Å². The Morgan fingerprint density at radius 3 is 2.85 bits per heavy atom. The van der Waals surface area contributed by atoms with Crippen LogP contribution in [-0.4, -0.2) is 15.6 Å². The zero-order valence-electron chi connectivity index (χ0n) is 10.8. The second-order valence-electron chi connectivity index (χ2n) is 4.64. The van der Waals surface area contributed by atoms with Gasteiger partial charge >= 0.3 is 5.97 Å². The number of carboxylic acid groups (broad SMARTS) is 1. The molecule has 20 heavy (non-hydrogen) atoms. The van der Waals surface area contributed by atoms with Gasteiger partial charge in [-0.1, -0.05) is 22.0 Å². The number of carbonyl (C=O) groups is 1. The van der Waals surface area contributed by atoms with E-state index < -0.39 is 5.97 Å². The van der Waals surface area contributed by atoms with Gasteiger partial charge < -0.3 is 14.1 Å². The van der Waals surface area contributed by atoms with Crippen molar-refractivity contribution in [2.75, 3.05) is 0 Å². The van der Waals surface area contributed by atoms with Crippen LogP contribution in [0.1, 0.15) is 21.9 Å². The van der Waals surface area contributed by atoms with Crippen LogP contribution in [0.25, 0.3) is 10.9 Å². The zero-order chi connectivity index (χ0) is 14.3. The molecule has 0 atom stereocenters. The number of nitrogens with zero attached hydrogens (tertiary/aromatic N) is 1. The highest BCUT2D eigenvalue weighted by Gasteiger charge is 2.14. The predicted octanol–water partition coefficient (Wildman–Crippen LogP) is 4.05. The number of aryl methyl sites for hydroxylation is 1. The summed E-state index contributed by atoms with van der Waals surface area (Å²) in [5.74, 6) is -0.422. The minimum Gasteiger partial charge on any atom is -0.475 e. The summed E-state index contributed by atoms with van der Waals surface area (Å²) in [7, 11) is 0. The van der Waals surface area contributed by atoms with Crippen molar-refractivity contribution in [2.45, 2.75) is 13.5 Å². The predicted molar refractivity (Wildman–Crippen MR) is 79.1 cm³/mol. The summed E-state index contributed by atoms with van der Waals surface area (Å²) in [5.41, 5.74) is 1.97. The Balaban J connectivity index is 2.01. The maximum absolute atomic E-state index is 10.9. The Morgan fingerprint density at radius 1 is 1.35 bits per heavy atom. The first-order valence-corrected chi connectivity index (χ1v) is 6.91. The van der Waals surface area contributed by atoms with Crippen LogP contribution in [0, 0.1) is 6.92 Å². The van der Waals surface area contributed by atoms with Crippen molar-refractivity contribution in [1.82, 2.24) is 4.57 Å². The van der Waals surface area contributed by atoms with Crippen molar-refractivity contribution in [3.63, 3.8) is 0 Å². The molecule has 3 aromatic rings. The third kappa shape index (κ3) is 2.25. The van der Waals surface area contributed by atoms with Gasteiger partial charge in [-0.3, -0.25) is 0 Å². The summed E-state index contributed by atoms with van der Waals surface area (Å²) in [6.07, 6.45) is 1.99. The average Bonchev–Trinajstić information content (AvgIpc) is 2.95. The van der Waals surface area contributed by atoms with Crippen LogP contribution in [-0.2, 0) is 6.54 Å². The summed E-state index contributed by atoms with van der Waals surface area (Å²) in [6.45, 7) is 2.37. The molecule has 0 spiro atoms. The van der Waals surface area contributed by atoms with Gasteiger partial charge in [-0.15, -0.1) is 0 Å². The average molecular weight is 334 g/mol. The highest BCUT2D eigenvalue weighted by Crippen LogP contribution is 2.23. The van der Waals surface area contributed by atoms with Crippen LogP contribution in [0.2, 0.25) is 0 Å². The Kier molecular flexibility index (Phi) is 3.14. The molecule has 0 unspecified atom stereocenters. The van der Waals surface area contributed by atoms with Gasteiger partial charge in [0.25, 0.3) is 0 Å². The third-order valence-electron chi connectivity index (χ3n) is 3.31. The minimum atomic E-state index is -1.04. The summed E-state index contributed by atoms with van der Waals surface area (Å²) < 4.78 is 8.33. The van der Waals surface area contributed by atoms with E-state index >= 15 is 0 Å². The van der Waals surface area contributed by atoms with Gasteiger partial charge in [-0.05, 0) is 36.6 Å². The van der Waals surface area contributed by atoms with E-state index in [1.54, 1.807) is 13.0 Å². The van der Waals surface area contributed by atoms with E-state index in [0.29, 0.717) is 12.3 Å². The molecule has 0 saturated carbocycles. The second-order valence-corrected chi connectivity index (χ2v) is 5.56. The monoisotopic (exact) mass is 333 g/mol. The number of furan rings is 1. The van der Waals surface area contributed by atoms with E-state index in [9.17, 15) is 4.79 Å². The SMILES string of the molecule is Cc1oc(C(=O)O)cc1Cn1ccc2ccc(Br)cc21. The minimum absolute atomic E-state index is 0.0184. The lowest BCUT2D eigenvalue weighted by molar-refractivity contribution is 0.0661. The second kappa shape index (κ2) is 4.83. The largest absolute Gasteiger partial charge is 0.475 e. The van der Waals surface area contributed by atoms with Gasteiger partial charge in [0, 0.05) is 21.7 Å². The van der Waals surface area contributed by atoms with E-state index in [-0.39, 0.29) is 5.76 Å². The molecule has 0 bridgehead atoms. The van der Waals surface area contributed by atoms with Crippen LogP contribution in [0.15, 0.2) is 45.4 Å². The highest BCUT2D eigenvalue weighted by atomic mass is 79.9. The number of halogens is 1. The van der Waals surface area contributed by atoms with Crippen LogP contribution in [0.4, 0.5) is 0 Å². The van der Waals surface area contributed by atoms with Gasteiger partial charge in [0.15, 0.2) is 0 Å². The lowest BCUT2D eigenvalue weighted by Gasteiger charge is -2.04. The maximum Gasteiger partial charge on any atom is 0.371 e. The topological polar surface area (TPSA) is 55.4 Å². The first-order valence-electron chi connectivity index (χ1n) is 6.11. The van der Waals surface area contributed by atoms with Crippen molar-refractivity contribution in [2.24, 2.45) is 0 Å². The van der Waals surface area contributed by atoms with Crippen molar-refractivity contribution in [1.29, 1.82) is 0 Å². The van der Waals surface area contributed by atoms with Crippen LogP contribution >= 0.6 is 15.9 Å². The Morgan fingerprint density at radius 2 is 2.15 bits per heavy atom. The fraction of sp³-hybridized carbons (Fsp3) is 0.133. The van der Waals surface area contributed by atoms with Crippen molar-refractivity contribution < 1.29 is 14.3 Å². The number of rotatable bonds is 3. The number of fused-ring (bicyclic) bond motifs is 1. The molecule has 1 aromatic carbocycles. The molecule has 0 radical (unpaired) electrons. The number of hydrogen-bond donors (Lipinski definition) is 1. The molecular formula is C15H12BrNO3. The Hall–Kier alpha value is -2.01. The molecule has 3 rings (SSSR count). The van der Waals surface area contributed by atoms with Gasteiger partial charge in [-0.2, -0.15) is 0 Å². The molecule has 1 N–H and O–H groups in total. The molecular weight excluding hydrogens is 322 g/mol. The fourth-order valence-corrected chi connectivity index (χ4v) is 2.61. The first kappa shape index (κ1) is 13.0. The molecule has 102 valence electrons. The lowest BCUT2D eigenvalue weighted by Crippen LogP contribution is -1.98. The molecule has 0 amide bonds. The summed E-state index contributed by atoms with van der Waals surface area (Å²) in [4.78, 5) is 10.9. The van der Waals surface area contributed by atoms with Crippen molar-refractivity contribution >= 4 is 32.8 Å². The summed E-state index contributed by atoms with van der Waals surface area (Å²) in [6, 6.07) is 9.71. The van der Waals surface area contributed by atoms with E-state index in [1.807, 2.05) is 30.5 Å². The standard InChI is InChI=1S/C15H12BrNO3/c1-9-11(6-14(20-9)15(18)19)8-17-5-4-10-2-3-12(16)7-13(10)17/h2-7H,8H2,1H3,(H,18,19). The van der Waals surface area contributed by atoms with E-state index in [1.165, 1.54) is 0 Å². The molecule has 5 heteroatoms. The Bertz CT molecular complexity index is 801. The quantitative estimate of drug-likeness (QED) is 0.786. The molecule has 2 heterocycles. The van der Waals surface area contributed by atoms with E-state index in [2.05, 4.69) is 20.5 Å². The molecule has 0 aliphatic carbocycles. The maximum atomic E-state index is 10.9. The summed E-state index contributed by atoms with van der Waals surface area (Å²) in [5, 5.41) is 10.1. The molecule has 0 aliphatic heterocycles. The molecule has 2 aromatic heterocycles. The zero-order valence-corrected chi connectivity index (χ0v) is 12.3. The molecule has 0 aliphatic rings. The first-order chi connectivity index (χ1) is 9.54. The van der Waals surface area contributed by atoms with Gasteiger partial charge in [0.2, 0.25) is 5.76 Å². The molecule has 4 nitrogen and oxygen atoms in total. The van der Waals surface area contributed by atoms with E-state index in [4.69, 9.17) is 9.52 Å². The van der Waals surface area contributed by atoms with Gasteiger partial charge in [-0.25, -0.2) is 4.79 Å². The van der Waals surface area contributed by atoms with E-state index in [0.717, 1.165) is 20.9 Å². The lowest BCUT2D eigenvalue weighted by atomic mass is 10.2. The van der Waals surface area contributed by atoms with Crippen LogP contribution in [0.3, 0.4) is 0 Å². The summed E-state index contributed by atoms with van der Waals surface area (Å²) >= 11 is 3.46. The highest BCUT2D eigenvalue weighted by molar-refractivity contribution is 9.10. The molecule has 0 saturated heterocycles. The van der Waals surface area contributed by atoms with Crippen LogP contribution in [0.5, 0.6) is 0 Å². The van der Waals surface area contributed by atoms with Crippen molar-refractivity contribution in [3.8, 4) is 0 Å². The third-order valence-corrected chi connectivity index (χ3v) is 3.80. The number of carboxylic acids is 1. The van der Waals surface area contributed by atoms with Gasteiger partial charge in [0.1, 0.15) is 5.76 Å². The Labute approximate surface area is 123 Å². The smallest absolute Gasteiger partial charge is 0.371 e. The fourth-order valence-electron chi connectivity index (χ4n) is 2.26. The normalized spacial score (nSPS) is 11.1. The number of aromatic carboxylic acids is 1. The number of hydrogen-bond acceptors (Lipinski definition) is 2.